The Morgan fingerprint density at radius 3 is 2.95 bits per heavy atom. The summed E-state index contributed by atoms with van der Waals surface area (Å²) in [4.78, 5) is 14.0. The zero-order valence-corrected chi connectivity index (χ0v) is 13.5. The highest BCUT2D eigenvalue weighted by molar-refractivity contribution is 6.35. The fourth-order valence-corrected chi connectivity index (χ4v) is 3.12. The number of aliphatic hydroxyl groups excluding tert-OH is 1. The van der Waals surface area contributed by atoms with E-state index in [1.807, 2.05) is 13.0 Å². The zero-order chi connectivity index (χ0) is 15.4. The first kappa shape index (κ1) is 16.4. The Labute approximate surface area is 135 Å². The molecule has 0 fully saturated rings. The lowest BCUT2D eigenvalue weighted by Gasteiger charge is -2.31. The number of fused-ring (bicyclic) bond motifs is 1. The molecule has 6 heteroatoms. The number of aliphatic hydroxyl groups is 1. The molecule has 0 saturated carbocycles. The molecule has 1 aliphatic heterocycles. The highest BCUT2D eigenvalue weighted by Crippen LogP contribution is 2.29. The Hall–Kier alpha value is -0.970. The second kappa shape index (κ2) is 7.34. The summed E-state index contributed by atoms with van der Waals surface area (Å²) in [5, 5.41) is 13.0. The Balaban J connectivity index is 1.99. The van der Waals surface area contributed by atoms with E-state index >= 15 is 0 Å². The topological polar surface area (TPSA) is 52.6 Å². The molecule has 0 saturated heterocycles. The number of carbonyl (C=O) groups is 1. The lowest BCUT2D eigenvalue weighted by Crippen LogP contribution is -2.46. The van der Waals surface area contributed by atoms with Crippen LogP contribution in [0.3, 0.4) is 0 Å². The normalized spacial score (nSPS) is 15.5. The minimum absolute atomic E-state index is 0.0479. The van der Waals surface area contributed by atoms with Crippen LogP contribution in [-0.4, -0.2) is 35.2 Å². The van der Waals surface area contributed by atoms with Crippen LogP contribution in [0.15, 0.2) is 12.1 Å². The van der Waals surface area contributed by atoms with Crippen LogP contribution in [0.25, 0.3) is 0 Å². The highest BCUT2D eigenvalue weighted by atomic mass is 35.5. The van der Waals surface area contributed by atoms with Crippen molar-refractivity contribution < 1.29 is 9.90 Å². The maximum atomic E-state index is 12.2. The second-order valence-electron chi connectivity index (χ2n) is 5.41. The molecule has 1 aliphatic rings. The Morgan fingerprint density at radius 2 is 2.24 bits per heavy atom. The van der Waals surface area contributed by atoms with Crippen molar-refractivity contribution in [3.63, 3.8) is 0 Å². The van der Waals surface area contributed by atoms with E-state index in [0.29, 0.717) is 29.6 Å². The summed E-state index contributed by atoms with van der Waals surface area (Å²) in [5.74, 6) is 0. The molecule has 2 rings (SSSR count). The predicted octanol–water partition coefficient (Wildman–Crippen LogP) is 3.22. The number of amides is 2. The van der Waals surface area contributed by atoms with Gasteiger partial charge in [-0.1, -0.05) is 23.2 Å². The molecule has 0 spiro atoms. The zero-order valence-electron chi connectivity index (χ0n) is 12.0. The van der Waals surface area contributed by atoms with Crippen molar-refractivity contribution in [1.29, 1.82) is 0 Å². The lowest BCUT2D eigenvalue weighted by atomic mass is 10.00. The van der Waals surface area contributed by atoms with Crippen LogP contribution in [0.5, 0.6) is 0 Å². The van der Waals surface area contributed by atoms with E-state index in [0.717, 1.165) is 24.0 Å². The summed E-state index contributed by atoms with van der Waals surface area (Å²) in [6.45, 7) is 3.25. The molecule has 116 valence electrons. The average molecular weight is 331 g/mol. The first-order chi connectivity index (χ1) is 10.0. The highest BCUT2D eigenvalue weighted by Gasteiger charge is 2.23. The van der Waals surface area contributed by atoms with Crippen LogP contribution in [0, 0.1) is 0 Å². The van der Waals surface area contributed by atoms with Gasteiger partial charge >= 0.3 is 6.03 Å². The van der Waals surface area contributed by atoms with Gasteiger partial charge in [-0.3, -0.25) is 0 Å². The van der Waals surface area contributed by atoms with Crippen LogP contribution < -0.4 is 5.32 Å². The molecular weight excluding hydrogens is 311 g/mol. The van der Waals surface area contributed by atoms with Gasteiger partial charge in [0.15, 0.2) is 0 Å². The van der Waals surface area contributed by atoms with Crippen molar-refractivity contribution in [2.45, 2.75) is 38.8 Å². The van der Waals surface area contributed by atoms with Crippen LogP contribution in [-0.2, 0) is 13.0 Å². The molecule has 2 N–H and O–H groups in total. The van der Waals surface area contributed by atoms with Gasteiger partial charge in [-0.15, -0.1) is 0 Å². The Kier molecular flexibility index (Phi) is 5.73. The lowest BCUT2D eigenvalue weighted by molar-refractivity contribution is 0.187. The number of nitrogens with zero attached hydrogens (tertiary/aromatic N) is 1. The van der Waals surface area contributed by atoms with E-state index < -0.39 is 0 Å². The summed E-state index contributed by atoms with van der Waals surface area (Å²) in [5.41, 5.74) is 2.09. The predicted molar refractivity (Wildman–Crippen MR) is 84.9 cm³/mol. The summed E-state index contributed by atoms with van der Waals surface area (Å²) < 4.78 is 0. The Bertz CT molecular complexity index is 523. The third-order valence-electron chi connectivity index (χ3n) is 3.71. The minimum atomic E-state index is -0.0860. The molecule has 21 heavy (non-hydrogen) atoms. The van der Waals surface area contributed by atoms with E-state index in [1.54, 1.807) is 11.0 Å². The molecule has 1 aromatic carbocycles. The van der Waals surface area contributed by atoms with Crippen LogP contribution in [0.4, 0.5) is 4.79 Å². The van der Waals surface area contributed by atoms with Crippen molar-refractivity contribution in [2.24, 2.45) is 0 Å². The molecular formula is C15H20Cl2N2O2. The number of hydrogen-bond donors (Lipinski definition) is 2. The summed E-state index contributed by atoms with van der Waals surface area (Å²) in [6, 6.07) is 3.60. The standard InChI is InChI=1S/C15H20Cl2N2O2/c1-10(3-2-6-20)18-15(21)19-5-4-11-7-12(16)8-14(17)13(11)9-19/h7-8,10,20H,2-6,9H2,1H3,(H,18,21). The molecule has 4 nitrogen and oxygen atoms in total. The van der Waals surface area contributed by atoms with Crippen molar-refractivity contribution in [3.05, 3.63) is 33.3 Å². The molecule has 1 aromatic rings. The first-order valence-corrected chi connectivity index (χ1v) is 7.90. The number of nitrogens with one attached hydrogen (secondary N) is 1. The van der Waals surface area contributed by atoms with Gasteiger partial charge < -0.3 is 15.3 Å². The van der Waals surface area contributed by atoms with E-state index in [4.69, 9.17) is 28.3 Å². The monoisotopic (exact) mass is 330 g/mol. The third kappa shape index (κ3) is 4.25. The van der Waals surface area contributed by atoms with Gasteiger partial charge in [-0.05, 0) is 49.4 Å². The molecule has 0 bridgehead atoms. The summed E-state index contributed by atoms with van der Waals surface area (Å²) >= 11 is 12.2. The van der Waals surface area contributed by atoms with E-state index in [-0.39, 0.29) is 18.7 Å². The van der Waals surface area contributed by atoms with Crippen LogP contribution in [0.2, 0.25) is 10.0 Å². The minimum Gasteiger partial charge on any atom is -0.396 e. The molecule has 0 aliphatic carbocycles. The molecule has 2 amide bonds. The molecule has 1 atom stereocenters. The van der Waals surface area contributed by atoms with Gasteiger partial charge in [0.05, 0.1) is 0 Å². The number of benzene rings is 1. The number of urea groups is 1. The van der Waals surface area contributed by atoms with Crippen molar-refractivity contribution in [3.8, 4) is 0 Å². The van der Waals surface area contributed by atoms with Gasteiger partial charge in [0.25, 0.3) is 0 Å². The number of carbonyl (C=O) groups excluding carboxylic acids is 1. The van der Waals surface area contributed by atoms with E-state index in [9.17, 15) is 4.79 Å². The number of halogens is 2. The van der Waals surface area contributed by atoms with Crippen LogP contribution >= 0.6 is 23.2 Å². The Morgan fingerprint density at radius 1 is 1.48 bits per heavy atom. The quantitative estimate of drug-likeness (QED) is 0.890. The fourth-order valence-electron chi connectivity index (χ4n) is 2.53. The first-order valence-electron chi connectivity index (χ1n) is 7.14. The molecule has 0 aromatic heterocycles. The van der Waals surface area contributed by atoms with Gasteiger partial charge in [0.2, 0.25) is 0 Å². The maximum Gasteiger partial charge on any atom is 0.317 e. The average Bonchev–Trinajstić information content (AvgIpc) is 2.44. The fraction of sp³-hybridized carbons (Fsp3) is 0.533. The van der Waals surface area contributed by atoms with Crippen molar-refractivity contribution >= 4 is 29.2 Å². The second-order valence-corrected chi connectivity index (χ2v) is 6.26. The molecule has 1 unspecified atom stereocenters. The third-order valence-corrected chi connectivity index (χ3v) is 4.26. The van der Waals surface area contributed by atoms with Gasteiger partial charge in [0.1, 0.15) is 0 Å². The van der Waals surface area contributed by atoms with Crippen molar-refractivity contribution in [1.82, 2.24) is 10.2 Å². The van der Waals surface area contributed by atoms with Gasteiger partial charge in [-0.2, -0.15) is 0 Å². The smallest absolute Gasteiger partial charge is 0.317 e. The van der Waals surface area contributed by atoms with E-state index in [1.165, 1.54) is 0 Å². The SMILES string of the molecule is CC(CCCO)NC(=O)N1CCc2cc(Cl)cc(Cl)c2C1. The van der Waals surface area contributed by atoms with Crippen molar-refractivity contribution in [2.75, 3.05) is 13.2 Å². The van der Waals surface area contributed by atoms with Crippen LogP contribution in [0.1, 0.15) is 30.9 Å². The van der Waals surface area contributed by atoms with Gasteiger partial charge in [-0.25, -0.2) is 4.79 Å². The molecule has 1 heterocycles. The van der Waals surface area contributed by atoms with Gasteiger partial charge in [0, 0.05) is 35.8 Å². The largest absolute Gasteiger partial charge is 0.396 e. The summed E-state index contributed by atoms with van der Waals surface area (Å²) in [7, 11) is 0. The number of hydrogen-bond acceptors (Lipinski definition) is 2. The number of rotatable bonds is 4. The maximum absolute atomic E-state index is 12.2. The molecule has 0 radical (unpaired) electrons. The van der Waals surface area contributed by atoms with E-state index in [2.05, 4.69) is 5.32 Å². The summed E-state index contributed by atoms with van der Waals surface area (Å²) in [6.07, 6.45) is 2.21.